The molecular formula is C12H12N4O2. The van der Waals surface area contributed by atoms with E-state index in [1.807, 2.05) is 6.07 Å². The Morgan fingerprint density at radius 1 is 1.61 bits per heavy atom. The first-order chi connectivity index (χ1) is 8.61. The molecule has 92 valence electrons. The third-order valence-corrected chi connectivity index (χ3v) is 2.87. The Labute approximate surface area is 104 Å². The van der Waals surface area contributed by atoms with Crippen molar-refractivity contribution in [1.82, 2.24) is 15.2 Å². The molecule has 1 aromatic heterocycles. The minimum atomic E-state index is -0.471. The number of carbonyl (C=O) groups excluding carboxylic acids is 2. The average Bonchev–Trinajstić information content (AvgIpc) is 2.64. The topological polar surface area (TPSA) is 86.1 Å². The Hall–Kier alpha value is -2.26. The van der Waals surface area contributed by atoms with Gasteiger partial charge in [-0.15, -0.1) is 0 Å². The van der Waals surface area contributed by atoms with Crippen molar-refractivity contribution in [2.24, 2.45) is 0 Å². The molecule has 1 unspecified atom stereocenters. The second-order valence-electron chi connectivity index (χ2n) is 4.09. The average molecular weight is 244 g/mol. The van der Waals surface area contributed by atoms with Gasteiger partial charge < -0.3 is 5.32 Å². The fraction of sp³-hybridized carbons (Fsp3) is 0.333. The molecule has 0 radical (unpaired) electrons. The van der Waals surface area contributed by atoms with Gasteiger partial charge in [-0.25, -0.2) is 4.98 Å². The Kier molecular flexibility index (Phi) is 3.35. The van der Waals surface area contributed by atoms with Gasteiger partial charge in [0.05, 0.1) is 12.5 Å². The Morgan fingerprint density at radius 3 is 3.00 bits per heavy atom. The van der Waals surface area contributed by atoms with Crippen LogP contribution < -0.4 is 5.32 Å². The predicted molar refractivity (Wildman–Crippen MR) is 62.0 cm³/mol. The van der Waals surface area contributed by atoms with Crippen molar-refractivity contribution in [2.45, 2.75) is 19.0 Å². The summed E-state index contributed by atoms with van der Waals surface area (Å²) in [6, 6.07) is 4.89. The van der Waals surface area contributed by atoms with Crippen LogP contribution in [-0.2, 0) is 16.1 Å². The Bertz CT molecular complexity index is 535. The third kappa shape index (κ3) is 2.36. The molecule has 1 saturated heterocycles. The van der Waals surface area contributed by atoms with E-state index in [2.05, 4.69) is 10.3 Å². The highest BCUT2D eigenvalue weighted by Gasteiger charge is 2.35. The second kappa shape index (κ2) is 4.94. The minimum Gasteiger partial charge on any atom is -0.301 e. The molecule has 0 aliphatic carbocycles. The van der Waals surface area contributed by atoms with Crippen LogP contribution in [0.4, 0.5) is 0 Å². The first-order valence-corrected chi connectivity index (χ1v) is 5.50. The highest BCUT2D eigenvalue weighted by molar-refractivity contribution is 6.05. The maximum Gasteiger partial charge on any atom is 0.246 e. The molecule has 1 fully saturated rings. The molecule has 1 N–H and O–H groups in total. The van der Waals surface area contributed by atoms with Crippen molar-refractivity contribution in [3.8, 4) is 6.07 Å². The second-order valence-corrected chi connectivity index (χ2v) is 4.09. The van der Waals surface area contributed by atoms with E-state index in [0.29, 0.717) is 12.2 Å². The molecule has 1 atom stereocenters. The number of nitrogens with one attached hydrogen (secondary N) is 1. The van der Waals surface area contributed by atoms with Crippen molar-refractivity contribution >= 4 is 11.8 Å². The standard InChI is InChI=1S/C12H12N4O2/c1-16-11(17)5-10(12(16)18)15-7-8-2-3-14-9(4-8)6-13/h2-4,10,15H,5,7H2,1H3. The minimum absolute atomic E-state index is 0.176. The van der Waals surface area contributed by atoms with Gasteiger partial charge in [0, 0.05) is 19.8 Å². The van der Waals surface area contributed by atoms with Gasteiger partial charge in [0.1, 0.15) is 11.8 Å². The molecule has 2 rings (SSSR count). The molecule has 0 spiro atoms. The van der Waals surface area contributed by atoms with E-state index in [1.165, 1.54) is 7.05 Å². The van der Waals surface area contributed by atoms with Gasteiger partial charge in [0.15, 0.2) is 0 Å². The van der Waals surface area contributed by atoms with Crippen LogP contribution in [0.15, 0.2) is 18.3 Å². The van der Waals surface area contributed by atoms with E-state index in [0.717, 1.165) is 10.5 Å². The molecule has 1 aromatic rings. The molecule has 2 amide bonds. The summed E-state index contributed by atoms with van der Waals surface area (Å²) in [5.74, 6) is -0.389. The number of imide groups is 1. The van der Waals surface area contributed by atoms with Gasteiger partial charge in [-0.1, -0.05) is 0 Å². The van der Waals surface area contributed by atoms with E-state index in [9.17, 15) is 9.59 Å². The van der Waals surface area contributed by atoms with Crippen molar-refractivity contribution in [1.29, 1.82) is 5.26 Å². The molecule has 0 saturated carbocycles. The van der Waals surface area contributed by atoms with Gasteiger partial charge in [0.2, 0.25) is 11.8 Å². The molecule has 0 aromatic carbocycles. The first-order valence-electron chi connectivity index (χ1n) is 5.50. The number of aromatic nitrogens is 1. The molecule has 18 heavy (non-hydrogen) atoms. The van der Waals surface area contributed by atoms with Crippen molar-refractivity contribution in [3.63, 3.8) is 0 Å². The SMILES string of the molecule is CN1C(=O)CC(NCc2ccnc(C#N)c2)C1=O. The van der Waals surface area contributed by atoms with Crippen LogP contribution in [-0.4, -0.2) is 34.8 Å². The third-order valence-electron chi connectivity index (χ3n) is 2.87. The van der Waals surface area contributed by atoms with Crippen LogP contribution in [0.1, 0.15) is 17.7 Å². The van der Waals surface area contributed by atoms with Crippen LogP contribution in [0, 0.1) is 11.3 Å². The number of hydrogen-bond donors (Lipinski definition) is 1. The number of carbonyl (C=O) groups is 2. The van der Waals surface area contributed by atoms with Gasteiger partial charge in [0.25, 0.3) is 0 Å². The van der Waals surface area contributed by atoms with Crippen LogP contribution in [0.25, 0.3) is 0 Å². The molecular weight excluding hydrogens is 232 g/mol. The summed E-state index contributed by atoms with van der Waals surface area (Å²) >= 11 is 0. The lowest BCUT2D eigenvalue weighted by molar-refractivity contribution is -0.137. The molecule has 0 bridgehead atoms. The van der Waals surface area contributed by atoms with Crippen molar-refractivity contribution in [2.75, 3.05) is 7.05 Å². The summed E-state index contributed by atoms with van der Waals surface area (Å²) < 4.78 is 0. The maximum absolute atomic E-state index is 11.6. The summed E-state index contributed by atoms with van der Waals surface area (Å²) in [4.78, 5) is 27.9. The van der Waals surface area contributed by atoms with Gasteiger partial charge >= 0.3 is 0 Å². The monoisotopic (exact) mass is 244 g/mol. The largest absolute Gasteiger partial charge is 0.301 e. The molecule has 6 heteroatoms. The number of likely N-dealkylation sites (N-methyl/N-ethyl adjacent to an activating group) is 1. The van der Waals surface area contributed by atoms with E-state index < -0.39 is 6.04 Å². The normalized spacial score (nSPS) is 19.1. The van der Waals surface area contributed by atoms with Gasteiger partial charge in [-0.2, -0.15) is 5.26 Å². The summed E-state index contributed by atoms with van der Waals surface area (Å²) in [6.07, 6.45) is 1.73. The fourth-order valence-electron chi connectivity index (χ4n) is 1.80. The smallest absolute Gasteiger partial charge is 0.246 e. The molecule has 6 nitrogen and oxygen atoms in total. The van der Waals surface area contributed by atoms with Crippen LogP contribution in [0.5, 0.6) is 0 Å². The molecule has 1 aliphatic heterocycles. The number of likely N-dealkylation sites (tertiary alicyclic amines) is 1. The zero-order valence-corrected chi connectivity index (χ0v) is 9.88. The van der Waals surface area contributed by atoms with Gasteiger partial charge in [-0.3, -0.25) is 14.5 Å². The van der Waals surface area contributed by atoms with Gasteiger partial charge in [-0.05, 0) is 17.7 Å². The number of pyridine rings is 1. The fourth-order valence-corrected chi connectivity index (χ4v) is 1.80. The number of nitriles is 1. The zero-order valence-electron chi connectivity index (χ0n) is 9.88. The lowest BCUT2D eigenvalue weighted by Gasteiger charge is -2.10. The molecule has 1 aliphatic rings. The predicted octanol–water partition coefficient (Wildman–Crippen LogP) is -0.200. The number of nitrogens with zero attached hydrogens (tertiary/aromatic N) is 3. The zero-order chi connectivity index (χ0) is 13.1. The maximum atomic E-state index is 11.6. The van der Waals surface area contributed by atoms with Crippen LogP contribution in [0.2, 0.25) is 0 Å². The van der Waals surface area contributed by atoms with E-state index in [4.69, 9.17) is 5.26 Å². The summed E-state index contributed by atoms with van der Waals surface area (Å²) in [5.41, 5.74) is 1.19. The highest BCUT2D eigenvalue weighted by Crippen LogP contribution is 2.11. The number of amides is 2. The first kappa shape index (κ1) is 12.2. The summed E-state index contributed by atoms with van der Waals surface area (Å²) in [6.45, 7) is 0.425. The van der Waals surface area contributed by atoms with Crippen molar-refractivity contribution < 1.29 is 9.59 Å². The quantitative estimate of drug-likeness (QED) is 0.744. The van der Waals surface area contributed by atoms with Crippen LogP contribution in [0.3, 0.4) is 0 Å². The van der Waals surface area contributed by atoms with Crippen LogP contribution >= 0.6 is 0 Å². The summed E-state index contributed by atoms with van der Waals surface area (Å²) in [7, 11) is 1.48. The lowest BCUT2D eigenvalue weighted by Crippen LogP contribution is -2.36. The Morgan fingerprint density at radius 2 is 2.39 bits per heavy atom. The summed E-state index contributed by atoms with van der Waals surface area (Å²) in [5, 5.41) is 11.7. The highest BCUT2D eigenvalue weighted by atomic mass is 16.2. The van der Waals surface area contributed by atoms with E-state index >= 15 is 0 Å². The Balaban J connectivity index is 1.98. The van der Waals surface area contributed by atoms with E-state index in [-0.39, 0.29) is 18.2 Å². The number of hydrogen-bond acceptors (Lipinski definition) is 5. The van der Waals surface area contributed by atoms with Crippen molar-refractivity contribution in [3.05, 3.63) is 29.6 Å². The van der Waals surface area contributed by atoms with E-state index in [1.54, 1.807) is 18.3 Å². The number of rotatable bonds is 3. The molecule has 2 heterocycles. The lowest BCUT2D eigenvalue weighted by atomic mass is 10.2.